The molecule has 0 bridgehead atoms. The van der Waals surface area contributed by atoms with Crippen molar-refractivity contribution in [1.82, 2.24) is 0 Å². The van der Waals surface area contributed by atoms with Crippen molar-refractivity contribution in [2.24, 2.45) is 0 Å². The van der Waals surface area contributed by atoms with Gasteiger partial charge in [-0.2, -0.15) is 8.78 Å². The molecule has 1 rings (SSSR count). The van der Waals surface area contributed by atoms with Gasteiger partial charge in [0.1, 0.15) is 10.8 Å². The number of benzene rings is 1. The number of rotatable bonds is 2. The Morgan fingerprint density at radius 2 is 2.08 bits per heavy atom. The van der Waals surface area contributed by atoms with E-state index < -0.39 is 16.6 Å². The Balaban J connectivity index is 3.20. The first-order chi connectivity index (χ1) is 6.04. The van der Waals surface area contributed by atoms with Crippen LogP contribution in [0.2, 0.25) is 5.02 Å². The lowest BCUT2D eigenvalue weighted by molar-refractivity contribution is 0.244. The lowest BCUT2D eigenvalue weighted by Crippen LogP contribution is -2.06. The van der Waals surface area contributed by atoms with Crippen molar-refractivity contribution >= 4 is 28.1 Å². The molecule has 0 radical (unpaired) electrons. The number of nitrogens with two attached hydrogens (primary N) is 1. The second-order valence-corrected chi connectivity index (χ2v) is 3.98. The largest absolute Gasteiger partial charge is 0.398 e. The Morgan fingerprint density at radius 1 is 1.46 bits per heavy atom. The fourth-order valence-electron chi connectivity index (χ4n) is 0.827. The molecule has 0 aliphatic heterocycles. The molecule has 0 spiro atoms. The van der Waals surface area contributed by atoms with Crippen molar-refractivity contribution < 1.29 is 13.0 Å². The SMILES string of the molecule is Nc1cccc(Cl)c1S(=O)C(F)F. The highest BCUT2D eigenvalue weighted by Gasteiger charge is 2.20. The van der Waals surface area contributed by atoms with Crippen LogP contribution in [0, 0.1) is 0 Å². The molecular weight excluding hydrogens is 220 g/mol. The van der Waals surface area contributed by atoms with Crippen molar-refractivity contribution in [3.05, 3.63) is 23.2 Å². The van der Waals surface area contributed by atoms with Crippen LogP contribution in [0.4, 0.5) is 14.5 Å². The van der Waals surface area contributed by atoms with Crippen LogP contribution in [0.25, 0.3) is 0 Å². The maximum Gasteiger partial charge on any atom is 0.316 e. The first kappa shape index (κ1) is 10.4. The normalized spacial score (nSPS) is 13.2. The zero-order valence-corrected chi connectivity index (χ0v) is 7.91. The number of nitrogen functional groups attached to an aromatic ring is 1. The fourth-order valence-corrected chi connectivity index (χ4v) is 1.98. The molecule has 0 aliphatic rings. The topological polar surface area (TPSA) is 43.1 Å². The summed E-state index contributed by atoms with van der Waals surface area (Å²) >= 11 is 5.56. The predicted molar refractivity (Wildman–Crippen MR) is 48.3 cm³/mol. The van der Waals surface area contributed by atoms with Crippen LogP contribution in [0.15, 0.2) is 23.1 Å². The molecule has 0 aliphatic carbocycles. The van der Waals surface area contributed by atoms with E-state index in [1.54, 1.807) is 0 Å². The first-order valence-corrected chi connectivity index (χ1v) is 4.86. The number of hydrogen-bond donors (Lipinski definition) is 1. The van der Waals surface area contributed by atoms with Crippen molar-refractivity contribution in [2.75, 3.05) is 5.73 Å². The third-order valence-electron chi connectivity index (χ3n) is 1.36. The predicted octanol–water partition coefficient (Wildman–Crippen LogP) is 2.25. The van der Waals surface area contributed by atoms with Gasteiger partial charge in [0.15, 0.2) is 0 Å². The highest BCUT2D eigenvalue weighted by molar-refractivity contribution is 7.85. The van der Waals surface area contributed by atoms with E-state index in [1.165, 1.54) is 18.2 Å². The summed E-state index contributed by atoms with van der Waals surface area (Å²) in [6.07, 6.45) is 0. The van der Waals surface area contributed by atoms with Crippen LogP contribution < -0.4 is 5.73 Å². The molecule has 2 N–H and O–H groups in total. The molecule has 6 heteroatoms. The van der Waals surface area contributed by atoms with Gasteiger partial charge in [-0.3, -0.25) is 0 Å². The zero-order valence-electron chi connectivity index (χ0n) is 6.34. The van der Waals surface area contributed by atoms with Crippen LogP contribution in [-0.4, -0.2) is 9.97 Å². The van der Waals surface area contributed by atoms with Gasteiger partial charge in [0, 0.05) is 5.69 Å². The number of halogens is 3. The van der Waals surface area contributed by atoms with E-state index >= 15 is 0 Å². The summed E-state index contributed by atoms with van der Waals surface area (Å²) in [5.74, 6) is -2.97. The summed E-state index contributed by atoms with van der Waals surface area (Å²) in [6.45, 7) is 0. The lowest BCUT2D eigenvalue weighted by atomic mass is 10.3. The third-order valence-corrected chi connectivity index (χ3v) is 2.97. The minimum Gasteiger partial charge on any atom is -0.398 e. The van der Waals surface area contributed by atoms with E-state index in [1.807, 2.05) is 0 Å². The second kappa shape index (κ2) is 4.02. The summed E-state index contributed by atoms with van der Waals surface area (Å²) < 4.78 is 35.1. The highest BCUT2D eigenvalue weighted by atomic mass is 35.5. The molecule has 0 amide bonds. The number of alkyl halides is 2. The van der Waals surface area contributed by atoms with Gasteiger partial charge in [0.05, 0.1) is 9.92 Å². The summed E-state index contributed by atoms with van der Waals surface area (Å²) in [5, 5.41) is -0.00127. The van der Waals surface area contributed by atoms with Gasteiger partial charge in [0.25, 0.3) is 0 Å². The summed E-state index contributed by atoms with van der Waals surface area (Å²) in [4.78, 5) is -0.195. The minimum atomic E-state index is -2.97. The van der Waals surface area contributed by atoms with Crippen LogP contribution in [-0.2, 0) is 10.8 Å². The Bertz CT molecular complexity index is 325. The van der Waals surface area contributed by atoms with Crippen molar-refractivity contribution in [3.63, 3.8) is 0 Å². The maximum atomic E-state index is 12.1. The summed E-state index contributed by atoms with van der Waals surface area (Å²) in [7, 11) is -2.45. The van der Waals surface area contributed by atoms with Gasteiger partial charge in [-0.25, -0.2) is 4.21 Å². The van der Waals surface area contributed by atoms with E-state index in [-0.39, 0.29) is 15.6 Å². The van der Waals surface area contributed by atoms with Gasteiger partial charge in [-0.05, 0) is 12.1 Å². The van der Waals surface area contributed by atoms with E-state index in [0.717, 1.165) is 0 Å². The molecule has 1 unspecified atom stereocenters. The summed E-state index contributed by atoms with van der Waals surface area (Å²) in [6, 6.07) is 4.25. The molecule has 2 nitrogen and oxygen atoms in total. The Labute approximate surface area is 81.1 Å². The maximum absolute atomic E-state index is 12.1. The molecule has 0 saturated carbocycles. The molecule has 0 saturated heterocycles. The minimum absolute atomic E-state index is 0.00127. The van der Waals surface area contributed by atoms with Crippen molar-refractivity contribution in [2.45, 2.75) is 10.7 Å². The Morgan fingerprint density at radius 3 is 2.54 bits per heavy atom. The molecule has 1 aromatic carbocycles. The molecule has 0 aromatic heterocycles. The van der Waals surface area contributed by atoms with Crippen molar-refractivity contribution in [1.29, 1.82) is 0 Å². The van der Waals surface area contributed by atoms with Crippen LogP contribution >= 0.6 is 11.6 Å². The van der Waals surface area contributed by atoms with Crippen molar-refractivity contribution in [3.8, 4) is 0 Å². The average molecular weight is 226 g/mol. The van der Waals surface area contributed by atoms with Gasteiger partial charge in [0.2, 0.25) is 0 Å². The molecule has 13 heavy (non-hydrogen) atoms. The Kier molecular flexibility index (Phi) is 3.22. The monoisotopic (exact) mass is 225 g/mol. The molecule has 1 aromatic rings. The standard InChI is InChI=1S/C7H6ClF2NOS/c8-4-2-1-3-5(11)6(4)13(12)7(9)10/h1-3,7H,11H2. The second-order valence-electron chi connectivity index (χ2n) is 2.22. The average Bonchev–Trinajstić information content (AvgIpc) is 2.03. The van der Waals surface area contributed by atoms with Gasteiger partial charge >= 0.3 is 5.76 Å². The van der Waals surface area contributed by atoms with Crippen LogP contribution in [0.1, 0.15) is 0 Å². The van der Waals surface area contributed by atoms with Gasteiger partial charge < -0.3 is 5.73 Å². The smallest absolute Gasteiger partial charge is 0.316 e. The van der Waals surface area contributed by atoms with E-state index in [9.17, 15) is 13.0 Å². The van der Waals surface area contributed by atoms with Crippen LogP contribution in [0.3, 0.4) is 0 Å². The molecule has 1 atom stereocenters. The van der Waals surface area contributed by atoms with Gasteiger partial charge in [-0.1, -0.05) is 17.7 Å². The van der Waals surface area contributed by atoms with E-state index in [2.05, 4.69) is 0 Å². The fraction of sp³-hybridized carbons (Fsp3) is 0.143. The third kappa shape index (κ3) is 2.16. The molecule has 0 fully saturated rings. The lowest BCUT2D eigenvalue weighted by Gasteiger charge is -2.05. The van der Waals surface area contributed by atoms with E-state index in [4.69, 9.17) is 17.3 Å². The van der Waals surface area contributed by atoms with E-state index in [0.29, 0.717) is 0 Å². The van der Waals surface area contributed by atoms with Gasteiger partial charge in [-0.15, -0.1) is 0 Å². The molecule has 72 valence electrons. The summed E-state index contributed by atoms with van der Waals surface area (Å²) in [5.41, 5.74) is 5.37. The first-order valence-electron chi connectivity index (χ1n) is 3.26. The number of hydrogen-bond acceptors (Lipinski definition) is 2. The number of anilines is 1. The highest BCUT2D eigenvalue weighted by Crippen LogP contribution is 2.28. The molecular formula is C7H6ClF2NOS. The zero-order chi connectivity index (χ0) is 10.0. The Hall–Kier alpha value is -0.680. The van der Waals surface area contributed by atoms with Crippen LogP contribution in [0.5, 0.6) is 0 Å². The quantitative estimate of drug-likeness (QED) is 0.785. The molecule has 0 heterocycles.